The number of hydrogen-bond acceptors (Lipinski definition) is 4. The lowest BCUT2D eigenvalue weighted by Crippen LogP contribution is -2.61. The van der Waals surface area contributed by atoms with Crippen LogP contribution in [0.1, 0.15) is 23.1 Å². The molecule has 2 N–H and O–H groups in total. The van der Waals surface area contributed by atoms with E-state index in [1.54, 1.807) is 36.4 Å². The highest BCUT2D eigenvalue weighted by Crippen LogP contribution is 2.25. The number of carbonyl (C=O) groups is 4. The van der Waals surface area contributed by atoms with Crippen molar-refractivity contribution in [2.24, 2.45) is 5.73 Å². The van der Waals surface area contributed by atoms with Crippen LogP contribution in [0, 0.1) is 5.82 Å². The van der Waals surface area contributed by atoms with Crippen molar-refractivity contribution in [1.82, 2.24) is 14.7 Å². The molecule has 13 heteroatoms. The van der Waals surface area contributed by atoms with E-state index in [9.17, 15) is 23.6 Å². The number of halogens is 5. The summed E-state index contributed by atoms with van der Waals surface area (Å²) in [6, 6.07) is 14.3. The fourth-order valence-electron chi connectivity index (χ4n) is 4.96. The summed E-state index contributed by atoms with van der Waals surface area (Å²) in [6.45, 7) is -0.378. The first-order chi connectivity index (χ1) is 20.9. The van der Waals surface area contributed by atoms with Crippen molar-refractivity contribution in [3.05, 3.63) is 103 Å². The van der Waals surface area contributed by atoms with E-state index in [0.29, 0.717) is 44.1 Å². The molecule has 8 nitrogen and oxygen atoms in total. The van der Waals surface area contributed by atoms with E-state index in [1.165, 1.54) is 39.0 Å². The van der Waals surface area contributed by atoms with Gasteiger partial charge in [0.1, 0.15) is 11.9 Å². The van der Waals surface area contributed by atoms with Crippen LogP contribution in [0.3, 0.4) is 0 Å². The highest BCUT2D eigenvalue weighted by atomic mass is 35.5. The van der Waals surface area contributed by atoms with Gasteiger partial charge in [0.15, 0.2) is 0 Å². The number of hydrogen-bond donors (Lipinski definition) is 1. The third-order valence-corrected chi connectivity index (χ3v) is 8.46. The van der Waals surface area contributed by atoms with Crippen molar-refractivity contribution < 1.29 is 23.6 Å². The fraction of sp³-hybridized carbons (Fsp3) is 0.290. The summed E-state index contributed by atoms with van der Waals surface area (Å²) in [6.07, 6.45) is 0.245. The van der Waals surface area contributed by atoms with Gasteiger partial charge in [0, 0.05) is 39.7 Å². The number of nitrogens with zero attached hydrogens (tertiary/aromatic N) is 3. The molecule has 3 aromatic carbocycles. The van der Waals surface area contributed by atoms with Crippen molar-refractivity contribution >= 4 is 70.0 Å². The van der Waals surface area contributed by atoms with Crippen LogP contribution in [0.4, 0.5) is 4.39 Å². The first-order valence-electron chi connectivity index (χ1n) is 13.7. The van der Waals surface area contributed by atoms with Gasteiger partial charge in [0.05, 0.1) is 19.5 Å². The fourth-order valence-corrected chi connectivity index (χ4v) is 5.96. The van der Waals surface area contributed by atoms with Gasteiger partial charge in [-0.15, -0.1) is 0 Å². The molecule has 0 radical (unpaired) electrons. The molecule has 1 aliphatic heterocycles. The summed E-state index contributed by atoms with van der Waals surface area (Å²) >= 11 is 24.6. The Bertz CT molecular complexity index is 1560. The predicted octanol–water partition coefficient (Wildman–Crippen LogP) is 5.17. The SMILES string of the molecule is NC(=O)CN(CCc1ccc(Cl)cc1Cl)C(=O)CC1C(=O)N(CCc2ccc(Cl)cc2Cl)CC(=O)N1Cc1ccc(F)cc1. The lowest BCUT2D eigenvalue weighted by molar-refractivity contribution is -0.158. The Morgan fingerprint density at radius 1 is 0.886 bits per heavy atom. The Morgan fingerprint density at radius 2 is 1.48 bits per heavy atom. The zero-order valence-electron chi connectivity index (χ0n) is 23.4. The van der Waals surface area contributed by atoms with Crippen LogP contribution in [0.15, 0.2) is 60.7 Å². The minimum Gasteiger partial charge on any atom is -0.368 e. The molecule has 232 valence electrons. The molecular weight excluding hydrogens is 653 g/mol. The molecular formula is C31H29Cl4FN4O4. The first-order valence-corrected chi connectivity index (χ1v) is 15.2. The molecule has 0 aromatic heterocycles. The Kier molecular flexibility index (Phi) is 11.5. The Hall–Kier alpha value is -3.37. The van der Waals surface area contributed by atoms with Gasteiger partial charge in [-0.1, -0.05) is 70.7 Å². The molecule has 4 rings (SSSR count). The van der Waals surface area contributed by atoms with Crippen LogP contribution in [-0.2, 0) is 38.6 Å². The van der Waals surface area contributed by atoms with E-state index in [4.69, 9.17) is 52.1 Å². The number of rotatable bonds is 12. The highest BCUT2D eigenvalue weighted by Gasteiger charge is 2.41. The van der Waals surface area contributed by atoms with Gasteiger partial charge in [0.25, 0.3) is 0 Å². The monoisotopic (exact) mass is 680 g/mol. The second kappa shape index (κ2) is 15.1. The van der Waals surface area contributed by atoms with Crippen LogP contribution in [0.25, 0.3) is 0 Å². The third-order valence-electron chi connectivity index (χ3n) is 7.29. The minimum absolute atomic E-state index is 0.0180. The number of carbonyl (C=O) groups excluding carboxylic acids is 4. The predicted molar refractivity (Wildman–Crippen MR) is 168 cm³/mol. The molecule has 1 saturated heterocycles. The largest absolute Gasteiger partial charge is 0.368 e. The highest BCUT2D eigenvalue weighted by molar-refractivity contribution is 6.35. The molecule has 3 aromatic rings. The van der Waals surface area contributed by atoms with E-state index in [0.717, 1.165) is 5.56 Å². The number of benzene rings is 3. The van der Waals surface area contributed by atoms with Crippen LogP contribution >= 0.6 is 46.4 Å². The zero-order chi connectivity index (χ0) is 32.0. The topological polar surface area (TPSA) is 104 Å². The lowest BCUT2D eigenvalue weighted by atomic mass is 10.0. The number of nitrogens with two attached hydrogens (primary N) is 1. The number of primary amides is 1. The van der Waals surface area contributed by atoms with Crippen LogP contribution in [0.2, 0.25) is 20.1 Å². The summed E-state index contributed by atoms with van der Waals surface area (Å²) in [5, 5.41) is 1.75. The van der Waals surface area contributed by atoms with Crippen LogP contribution in [0.5, 0.6) is 0 Å². The Labute approximate surface area is 274 Å². The normalized spacial score (nSPS) is 15.1. The minimum atomic E-state index is -1.18. The van der Waals surface area contributed by atoms with Gasteiger partial charge in [-0.2, -0.15) is 0 Å². The standard InChI is InChI=1S/C31H29Cl4FN4O4/c32-22-5-3-20(25(34)13-22)9-11-38(17-28(37)41)29(42)15-27-31(44)39(12-10-21-4-6-23(33)14-26(21)35)18-30(43)40(27)16-19-1-7-24(36)8-2-19/h1-8,13-14,27H,9-12,15-18H2,(H2,37,41). The molecule has 1 unspecified atom stereocenters. The molecule has 0 bridgehead atoms. The maximum atomic E-state index is 13.8. The van der Waals surface area contributed by atoms with Crippen molar-refractivity contribution in [2.45, 2.75) is 31.8 Å². The second-order valence-corrected chi connectivity index (χ2v) is 12.1. The summed E-state index contributed by atoms with van der Waals surface area (Å²) in [5.74, 6) is -2.56. The van der Waals surface area contributed by atoms with Gasteiger partial charge in [-0.25, -0.2) is 4.39 Å². The molecule has 4 amide bonds. The lowest BCUT2D eigenvalue weighted by Gasteiger charge is -2.40. The van der Waals surface area contributed by atoms with Crippen molar-refractivity contribution in [2.75, 3.05) is 26.2 Å². The van der Waals surface area contributed by atoms with Crippen LogP contribution in [-0.4, -0.2) is 70.5 Å². The number of piperazine rings is 1. The summed E-state index contributed by atoms with van der Waals surface area (Å²) in [7, 11) is 0. The molecule has 1 heterocycles. The molecule has 0 spiro atoms. The van der Waals surface area contributed by atoms with Gasteiger partial charge in [-0.3, -0.25) is 19.2 Å². The van der Waals surface area contributed by atoms with Gasteiger partial charge >= 0.3 is 0 Å². The number of amides is 4. The third kappa shape index (κ3) is 8.85. The van der Waals surface area contributed by atoms with Gasteiger partial charge < -0.3 is 20.4 Å². The quantitative estimate of drug-likeness (QED) is 0.285. The van der Waals surface area contributed by atoms with Crippen molar-refractivity contribution in [3.63, 3.8) is 0 Å². The molecule has 1 aliphatic rings. The van der Waals surface area contributed by atoms with Gasteiger partial charge in [-0.05, 0) is 65.9 Å². The summed E-state index contributed by atoms with van der Waals surface area (Å²) in [4.78, 5) is 56.8. The average molecular weight is 682 g/mol. The van der Waals surface area contributed by atoms with E-state index in [-0.39, 0.29) is 32.1 Å². The van der Waals surface area contributed by atoms with Crippen molar-refractivity contribution in [1.29, 1.82) is 0 Å². The van der Waals surface area contributed by atoms with Crippen molar-refractivity contribution in [3.8, 4) is 0 Å². The first kappa shape index (κ1) is 33.5. The maximum absolute atomic E-state index is 13.8. The molecule has 1 atom stereocenters. The van der Waals surface area contributed by atoms with Gasteiger partial charge in [0.2, 0.25) is 23.6 Å². The Balaban J connectivity index is 1.56. The summed E-state index contributed by atoms with van der Waals surface area (Å²) < 4.78 is 13.6. The molecule has 44 heavy (non-hydrogen) atoms. The Morgan fingerprint density at radius 3 is 2.05 bits per heavy atom. The molecule has 1 fully saturated rings. The second-order valence-electron chi connectivity index (χ2n) is 10.4. The van der Waals surface area contributed by atoms with Crippen LogP contribution < -0.4 is 5.73 Å². The smallest absolute Gasteiger partial charge is 0.246 e. The van der Waals surface area contributed by atoms with E-state index in [1.807, 2.05) is 0 Å². The van der Waals surface area contributed by atoms with E-state index in [2.05, 4.69) is 0 Å². The van der Waals surface area contributed by atoms with E-state index < -0.39 is 42.5 Å². The zero-order valence-corrected chi connectivity index (χ0v) is 26.5. The van der Waals surface area contributed by atoms with E-state index >= 15 is 0 Å². The maximum Gasteiger partial charge on any atom is 0.246 e. The average Bonchev–Trinajstić information content (AvgIpc) is 2.96. The molecule has 0 aliphatic carbocycles. The molecule has 0 saturated carbocycles. The summed E-state index contributed by atoms with van der Waals surface area (Å²) in [5.41, 5.74) is 7.47.